The minimum absolute atomic E-state index is 0.129. The van der Waals surface area contributed by atoms with Crippen molar-refractivity contribution in [2.45, 2.75) is 62.7 Å². The molecule has 0 bridgehead atoms. The van der Waals surface area contributed by atoms with E-state index in [0.717, 1.165) is 0 Å². The van der Waals surface area contributed by atoms with Gasteiger partial charge in [0, 0.05) is 19.3 Å². The van der Waals surface area contributed by atoms with Crippen molar-refractivity contribution in [1.29, 1.82) is 0 Å². The van der Waals surface area contributed by atoms with Gasteiger partial charge in [-0.05, 0) is 18.4 Å². The average molecular weight is 538 g/mol. The van der Waals surface area contributed by atoms with Gasteiger partial charge in [-0.2, -0.15) is 0 Å². The molecule has 0 aromatic heterocycles. The van der Waals surface area contributed by atoms with E-state index in [9.17, 15) is 43.8 Å². The van der Waals surface area contributed by atoms with Gasteiger partial charge < -0.3 is 42.7 Å². The van der Waals surface area contributed by atoms with Crippen molar-refractivity contribution in [1.82, 2.24) is 16.0 Å². The molecule has 0 saturated carbocycles. The predicted octanol–water partition coefficient (Wildman–Crippen LogP) is -2.30. The van der Waals surface area contributed by atoms with Crippen LogP contribution in [0.15, 0.2) is 30.3 Å². The van der Waals surface area contributed by atoms with Crippen LogP contribution in [0.4, 0.5) is 0 Å². The van der Waals surface area contributed by atoms with Gasteiger partial charge in [0.1, 0.15) is 18.1 Å². The monoisotopic (exact) mass is 537 g/mol. The first-order chi connectivity index (χ1) is 17.8. The maximum Gasteiger partial charge on any atom is 0.326 e. The van der Waals surface area contributed by atoms with Gasteiger partial charge in [-0.1, -0.05) is 30.3 Å². The molecule has 0 fully saturated rings. The molecule has 0 saturated heterocycles. The van der Waals surface area contributed by atoms with Crippen LogP contribution in [-0.2, 0) is 40.0 Å². The van der Waals surface area contributed by atoms with Gasteiger partial charge in [0.2, 0.25) is 23.6 Å². The van der Waals surface area contributed by atoms with Crippen LogP contribution in [0.5, 0.6) is 0 Å². The Hall–Kier alpha value is -4.53. The molecule has 15 nitrogen and oxygen atoms in total. The standard InChI is InChI=1S/C23H31N5O10/c24-13(6-8-17(25)29)20(34)26-14(7-9-18(30)31)21(35)27-15(11-19(32)33)22(36)28-16(23(37)38)10-12-4-2-1-3-5-12/h1-5,13-16H,6-11,24H2,(H2,25,29)(H,26,34)(H,27,35)(H,28,36)(H,30,31)(H,32,33)(H,37,38). The number of primary amides is 1. The number of carboxylic acid groups (broad SMARTS) is 3. The number of carbonyl (C=O) groups is 7. The SMILES string of the molecule is NC(=O)CCC(N)C(=O)NC(CCC(=O)O)C(=O)NC(CC(=O)O)C(=O)NC(Cc1ccccc1)C(=O)O. The molecule has 0 aliphatic carbocycles. The molecule has 0 radical (unpaired) electrons. The number of carbonyl (C=O) groups excluding carboxylic acids is 4. The van der Waals surface area contributed by atoms with E-state index in [1.54, 1.807) is 30.3 Å². The third kappa shape index (κ3) is 11.9. The highest BCUT2D eigenvalue weighted by Gasteiger charge is 2.32. The smallest absolute Gasteiger partial charge is 0.326 e. The normalized spacial score (nSPS) is 13.7. The molecule has 4 amide bonds. The molecule has 4 atom stereocenters. The fraction of sp³-hybridized carbons (Fsp3) is 0.435. The summed E-state index contributed by atoms with van der Waals surface area (Å²) in [5.74, 6) is -8.06. The van der Waals surface area contributed by atoms with Crippen LogP contribution in [0.1, 0.15) is 37.7 Å². The molecule has 1 rings (SSSR count). The fourth-order valence-electron chi connectivity index (χ4n) is 3.22. The lowest BCUT2D eigenvalue weighted by Crippen LogP contribution is -2.57. The Morgan fingerprint density at radius 3 is 1.79 bits per heavy atom. The fourth-order valence-corrected chi connectivity index (χ4v) is 3.22. The van der Waals surface area contributed by atoms with Gasteiger partial charge in [-0.15, -0.1) is 0 Å². The number of amides is 4. The first-order valence-electron chi connectivity index (χ1n) is 11.5. The summed E-state index contributed by atoms with van der Waals surface area (Å²) in [4.78, 5) is 83.0. The topological polar surface area (TPSA) is 268 Å². The van der Waals surface area contributed by atoms with E-state index in [2.05, 4.69) is 16.0 Å². The number of aliphatic carboxylic acids is 3. The van der Waals surface area contributed by atoms with Crippen LogP contribution < -0.4 is 27.4 Å². The lowest BCUT2D eigenvalue weighted by atomic mass is 10.0. The summed E-state index contributed by atoms with van der Waals surface area (Å²) in [7, 11) is 0. The van der Waals surface area contributed by atoms with E-state index in [4.69, 9.17) is 16.6 Å². The minimum Gasteiger partial charge on any atom is -0.481 e. The number of carboxylic acids is 3. The molecule has 1 aromatic carbocycles. The maximum absolute atomic E-state index is 12.9. The zero-order valence-electron chi connectivity index (χ0n) is 20.3. The average Bonchev–Trinajstić information content (AvgIpc) is 2.83. The molecule has 0 aliphatic heterocycles. The molecule has 0 spiro atoms. The summed E-state index contributed by atoms with van der Waals surface area (Å²) in [5, 5.41) is 34.2. The van der Waals surface area contributed by atoms with Crippen LogP contribution >= 0.6 is 0 Å². The first kappa shape index (κ1) is 31.5. The lowest BCUT2D eigenvalue weighted by Gasteiger charge is -2.24. The van der Waals surface area contributed by atoms with Crippen molar-refractivity contribution in [2.75, 3.05) is 0 Å². The molecule has 15 heteroatoms. The highest BCUT2D eigenvalue weighted by molar-refractivity contribution is 5.95. The van der Waals surface area contributed by atoms with Crippen LogP contribution in [0.25, 0.3) is 0 Å². The number of nitrogens with one attached hydrogen (secondary N) is 3. The second kappa shape index (κ2) is 15.6. The summed E-state index contributed by atoms with van der Waals surface area (Å²) >= 11 is 0. The van der Waals surface area contributed by atoms with Crippen LogP contribution in [0.2, 0.25) is 0 Å². The minimum atomic E-state index is -1.76. The highest BCUT2D eigenvalue weighted by Crippen LogP contribution is 2.06. The maximum atomic E-state index is 12.9. The predicted molar refractivity (Wildman–Crippen MR) is 129 cm³/mol. The van der Waals surface area contributed by atoms with Crippen molar-refractivity contribution in [3.63, 3.8) is 0 Å². The van der Waals surface area contributed by atoms with Gasteiger partial charge in [0.05, 0.1) is 12.5 Å². The van der Waals surface area contributed by atoms with Crippen LogP contribution in [-0.4, -0.2) is 81.0 Å². The Morgan fingerprint density at radius 1 is 0.711 bits per heavy atom. The quantitative estimate of drug-likeness (QED) is 0.105. The summed E-state index contributed by atoms with van der Waals surface area (Å²) in [6.45, 7) is 0. The molecular formula is C23H31N5O10. The van der Waals surface area contributed by atoms with Crippen LogP contribution in [0.3, 0.4) is 0 Å². The molecule has 38 heavy (non-hydrogen) atoms. The van der Waals surface area contributed by atoms with Crippen molar-refractivity contribution in [3.05, 3.63) is 35.9 Å². The van der Waals surface area contributed by atoms with E-state index in [0.29, 0.717) is 5.56 Å². The Bertz CT molecular complexity index is 1030. The molecule has 0 heterocycles. The first-order valence-corrected chi connectivity index (χ1v) is 11.5. The van der Waals surface area contributed by atoms with E-state index >= 15 is 0 Å². The summed E-state index contributed by atoms with van der Waals surface area (Å²) in [6, 6.07) is 2.26. The van der Waals surface area contributed by atoms with E-state index in [-0.39, 0.29) is 19.3 Å². The number of rotatable bonds is 17. The summed E-state index contributed by atoms with van der Waals surface area (Å²) < 4.78 is 0. The Labute approximate surface area is 216 Å². The van der Waals surface area contributed by atoms with Gasteiger partial charge in [0.25, 0.3) is 0 Å². The van der Waals surface area contributed by atoms with Crippen LogP contribution in [0, 0.1) is 0 Å². The van der Waals surface area contributed by atoms with Crippen molar-refractivity contribution in [3.8, 4) is 0 Å². The number of hydrogen-bond donors (Lipinski definition) is 8. The van der Waals surface area contributed by atoms with Gasteiger partial charge in [0.15, 0.2) is 0 Å². The van der Waals surface area contributed by atoms with Gasteiger partial charge in [-0.25, -0.2) is 4.79 Å². The summed E-state index contributed by atoms with van der Waals surface area (Å²) in [5.41, 5.74) is 11.3. The molecule has 208 valence electrons. The zero-order valence-corrected chi connectivity index (χ0v) is 20.3. The van der Waals surface area contributed by atoms with Crippen molar-refractivity contribution in [2.24, 2.45) is 11.5 Å². The van der Waals surface area contributed by atoms with E-state index in [1.165, 1.54) is 0 Å². The number of benzene rings is 1. The molecule has 0 aliphatic rings. The zero-order chi connectivity index (χ0) is 28.8. The Kier molecular flexibility index (Phi) is 12.9. The number of nitrogens with two attached hydrogens (primary N) is 2. The Morgan fingerprint density at radius 2 is 1.26 bits per heavy atom. The summed E-state index contributed by atoms with van der Waals surface area (Å²) in [6.07, 6.45) is -2.47. The largest absolute Gasteiger partial charge is 0.481 e. The van der Waals surface area contributed by atoms with Gasteiger partial charge in [-0.3, -0.25) is 28.8 Å². The van der Waals surface area contributed by atoms with Gasteiger partial charge >= 0.3 is 17.9 Å². The molecule has 4 unspecified atom stereocenters. The van der Waals surface area contributed by atoms with Crippen molar-refractivity contribution < 1.29 is 48.9 Å². The lowest BCUT2D eigenvalue weighted by molar-refractivity contribution is -0.143. The molecule has 1 aromatic rings. The highest BCUT2D eigenvalue weighted by atomic mass is 16.4. The van der Waals surface area contributed by atoms with E-state index in [1.807, 2.05) is 0 Å². The third-order valence-electron chi connectivity index (χ3n) is 5.23. The van der Waals surface area contributed by atoms with Crippen molar-refractivity contribution >= 4 is 41.5 Å². The number of hydrogen-bond acceptors (Lipinski definition) is 8. The second-order valence-electron chi connectivity index (χ2n) is 8.35. The molecule has 10 N–H and O–H groups in total. The molecular weight excluding hydrogens is 506 g/mol. The second-order valence-corrected chi connectivity index (χ2v) is 8.35. The van der Waals surface area contributed by atoms with E-state index < -0.39 is 85.0 Å². The Balaban J connectivity index is 3.02. The third-order valence-corrected chi connectivity index (χ3v) is 5.23.